The highest BCUT2D eigenvalue weighted by atomic mass is 79.9. The third-order valence-corrected chi connectivity index (χ3v) is 6.33. The molecule has 0 amide bonds. The van der Waals surface area contributed by atoms with E-state index in [2.05, 4.69) is 49.0 Å². The van der Waals surface area contributed by atoms with Gasteiger partial charge in [-0.3, -0.25) is 4.90 Å². The number of unbranched alkanes of at least 4 members (excludes halogenated alkanes) is 1. The molecular formula is C16H26Br2Cl2N2O2. The Bertz CT molecular complexity index is 515. The molecule has 2 rings (SSSR count). The predicted octanol–water partition coefficient (Wildman–Crippen LogP) is 4.91. The molecular weight excluding hydrogens is 483 g/mol. The smallest absolute Gasteiger partial charge is 0.173 e. The van der Waals surface area contributed by atoms with Crippen LogP contribution >= 0.6 is 56.7 Å². The Morgan fingerprint density at radius 1 is 1.25 bits per heavy atom. The molecule has 1 aliphatic heterocycles. The fourth-order valence-electron chi connectivity index (χ4n) is 2.94. The van der Waals surface area contributed by atoms with E-state index in [9.17, 15) is 5.11 Å². The van der Waals surface area contributed by atoms with Crippen molar-refractivity contribution in [2.45, 2.75) is 32.2 Å². The summed E-state index contributed by atoms with van der Waals surface area (Å²) in [5.74, 6) is 0.661. The van der Waals surface area contributed by atoms with Gasteiger partial charge in [-0.2, -0.15) is 0 Å². The zero-order valence-corrected chi connectivity index (χ0v) is 18.8. The minimum absolute atomic E-state index is 0. The number of aromatic hydroxyl groups is 1. The molecule has 0 unspecified atom stereocenters. The van der Waals surface area contributed by atoms with Gasteiger partial charge < -0.3 is 15.2 Å². The second kappa shape index (κ2) is 11.8. The lowest BCUT2D eigenvalue weighted by Gasteiger charge is -2.36. The van der Waals surface area contributed by atoms with Gasteiger partial charge in [-0.1, -0.05) is 19.8 Å². The number of ether oxygens (including phenoxy) is 1. The van der Waals surface area contributed by atoms with Gasteiger partial charge in [0.15, 0.2) is 11.5 Å². The van der Waals surface area contributed by atoms with E-state index in [4.69, 9.17) is 4.74 Å². The van der Waals surface area contributed by atoms with Crippen molar-refractivity contribution in [1.29, 1.82) is 0 Å². The van der Waals surface area contributed by atoms with Crippen LogP contribution in [0.25, 0.3) is 0 Å². The summed E-state index contributed by atoms with van der Waals surface area (Å²) in [6.07, 6.45) is 3.47. The summed E-state index contributed by atoms with van der Waals surface area (Å²) in [7, 11) is 1.59. The summed E-state index contributed by atoms with van der Waals surface area (Å²) in [6, 6.07) is 2.30. The van der Waals surface area contributed by atoms with Crippen molar-refractivity contribution in [3.8, 4) is 11.5 Å². The van der Waals surface area contributed by atoms with Gasteiger partial charge >= 0.3 is 0 Å². The lowest BCUT2D eigenvalue weighted by atomic mass is 9.98. The van der Waals surface area contributed by atoms with E-state index in [1.807, 2.05) is 6.07 Å². The Morgan fingerprint density at radius 3 is 2.42 bits per heavy atom. The summed E-state index contributed by atoms with van der Waals surface area (Å²) in [5, 5.41) is 13.6. The molecule has 4 nitrogen and oxygen atoms in total. The van der Waals surface area contributed by atoms with Crippen LogP contribution in [-0.2, 0) is 0 Å². The maximum atomic E-state index is 10.1. The van der Waals surface area contributed by atoms with Crippen LogP contribution in [0, 0.1) is 0 Å². The number of nitrogens with zero attached hydrogens (tertiary/aromatic N) is 1. The zero-order chi connectivity index (χ0) is 16.1. The highest BCUT2D eigenvalue weighted by molar-refractivity contribution is 9.13. The van der Waals surface area contributed by atoms with Gasteiger partial charge in [0.05, 0.1) is 11.6 Å². The third-order valence-electron chi connectivity index (χ3n) is 4.18. The van der Waals surface area contributed by atoms with E-state index in [0.29, 0.717) is 16.3 Å². The molecule has 1 aromatic carbocycles. The van der Waals surface area contributed by atoms with Crippen molar-refractivity contribution in [1.82, 2.24) is 10.2 Å². The molecule has 8 heteroatoms. The monoisotopic (exact) mass is 506 g/mol. The van der Waals surface area contributed by atoms with E-state index < -0.39 is 0 Å². The second-order valence-electron chi connectivity index (χ2n) is 5.59. The molecule has 0 spiro atoms. The second-order valence-corrected chi connectivity index (χ2v) is 7.17. The summed E-state index contributed by atoms with van der Waals surface area (Å²) in [5.41, 5.74) is 1.18. The van der Waals surface area contributed by atoms with Crippen molar-refractivity contribution in [2.24, 2.45) is 0 Å². The number of nitrogens with one attached hydrogen (secondary N) is 1. The van der Waals surface area contributed by atoms with Crippen molar-refractivity contribution in [2.75, 3.05) is 33.3 Å². The number of phenols is 1. The molecule has 2 N–H and O–H groups in total. The molecule has 140 valence electrons. The topological polar surface area (TPSA) is 44.7 Å². The average molecular weight is 509 g/mol. The van der Waals surface area contributed by atoms with E-state index in [-0.39, 0.29) is 30.6 Å². The summed E-state index contributed by atoms with van der Waals surface area (Å²) in [4.78, 5) is 2.52. The zero-order valence-electron chi connectivity index (χ0n) is 14.0. The molecule has 0 aliphatic carbocycles. The molecule has 1 aliphatic rings. The first-order valence-electron chi connectivity index (χ1n) is 7.79. The fraction of sp³-hybridized carbons (Fsp3) is 0.625. The van der Waals surface area contributed by atoms with Crippen molar-refractivity contribution in [3.05, 3.63) is 20.6 Å². The maximum absolute atomic E-state index is 10.1. The lowest BCUT2D eigenvalue weighted by molar-refractivity contribution is 0.162. The number of hydrogen-bond donors (Lipinski definition) is 2. The van der Waals surface area contributed by atoms with Crippen LogP contribution in [0.5, 0.6) is 11.5 Å². The number of benzene rings is 1. The van der Waals surface area contributed by atoms with E-state index >= 15 is 0 Å². The predicted molar refractivity (Wildman–Crippen MR) is 111 cm³/mol. The third kappa shape index (κ3) is 5.64. The number of piperazine rings is 1. The standard InChI is InChI=1S/C16H24Br2N2O2.2ClH/c1-3-4-5-12(20-8-6-19-7-9-20)11-10-13(22-2)16(21)15(18)14(11)17;;/h10,12,19,21H,3-9H2,1-2H3;2*1H/t12-;;/m0../s1. The van der Waals surface area contributed by atoms with Crippen LogP contribution in [0.1, 0.15) is 37.8 Å². The summed E-state index contributed by atoms with van der Waals surface area (Å²) >= 11 is 7.12. The van der Waals surface area contributed by atoms with E-state index in [1.165, 1.54) is 18.4 Å². The maximum Gasteiger partial charge on any atom is 0.173 e. The quantitative estimate of drug-likeness (QED) is 0.573. The van der Waals surface area contributed by atoms with Crippen molar-refractivity contribution >= 4 is 56.7 Å². The Kier molecular flexibility index (Phi) is 11.9. The Morgan fingerprint density at radius 2 is 1.88 bits per heavy atom. The first-order chi connectivity index (χ1) is 10.6. The highest BCUT2D eigenvalue weighted by Crippen LogP contribution is 2.45. The largest absolute Gasteiger partial charge is 0.503 e. The lowest BCUT2D eigenvalue weighted by Crippen LogP contribution is -2.45. The molecule has 1 atom stereocenters. The summed E-state index contributed by atoms with van der Waals surface area (Å²) in [6.45, 7) is 6.35. The number of hydrogen-bond acceptors (Lipinski definition) is 4. The highest BCUT2D eigenvalue weighted by Gasteiger charge is 2.26. The normalized spacial score (nSPS) is 16.0. The van der Waals surface area contributed by atoms with Crippen LogP contribution in [0.2, 0.25) is 0 Å². The van der Waals surface area contributed by atoms with Gasteiger partial charge in [-0.15, -0.1) is 24.8 Å². The minimum atomic E-state index is 0. The van der Waals surface area contributed by atoms with Gasteiger partial charge in [0.1, 0.15) is 0 Å². The minimum Gasteiger partial charge on any atom is -0.503 e. The first kappa shape index (κ1) is 24.3. The Labute approximate surface area is 173 Å². The van der Waals surface area contributed by atoms with Crippen LogP contribution in [0.3, 0.4) is 0 Å². The number of rotatable bonds is 6. The Balaban J connectivity index is 0.00000264. The van der Waals surface area contributed by atoms with E-state index in [1.54, 1.807) is 7.11 Å². The summed E-state index contributed by atoms with van der Waals surface area (Å²) < 4.78 is 6.92. The number of phenolic OH excluding ortho intramolecular Hbond substituents is 1. The Hall–Kier alpha value is 0.280. The molecule has 0 radical (unpaired) electrons. The fourth-order valence-corrected chi connectivity index (χ4v) is 3.93. The van der Waals surface area contributed by atoms with Crippen molar-refractivity contribution < 1.29 is 9.84 Å². The number of methoxy groups -OCH3 is 1. The van der Waals surface area contributed by atoms with Gasteiger partial charge in [0.25, 0.3) is 0 Å². The molecule has 1 aromatic rings. The van der Waals surface area contributed by atoms with Gasteiger partial charge in [-0.25, -0.2) is 0 Å². The molecule has 24 heavy (non-hydrogen) atoms. The first-order valence-corrected chi connectivity index (χ1v) is 9.38. The van der Waals surface area contributed by atoms with E-state index in [0.717, 1.165) is 37.1 Å². The molecule has 1 heterocycles. The number of halogens is 4. The van der Waals surface area contributed by atoms with Gasteiger partial charge in [-0.05, 0) is 49.9 Å². The average Bonchev–Trinajstić information content (AvgIpc) is 2.55. The van der Waals surface area contributed by atoms with Crippen LogP contribution in [0.15, 0.2) is 15.0 Å². The van der Waals surface area contributed by atoms with Crippen LogP contribution < -0.4 is 10.1 Å². The molecule has 0 saturated carbocycles. The molecule has 0 aromatic heterocycles. The molecule has 0 bridgehead atoms. The SMILES string of the molecule is CCCC[C@@H](c1cc(OC)c(O)c(Br)c1Br)N1CCNCC1.Cl.Cl. The van der Waals surface area contributed by atoms with Crippen LogP contribution in [-0.4, -0.2) is 43.3 Å². The molecule has 1 saturated heterocycles. The van der Waals surface area contributed by atoms with Crippen LogP contribution in [0.4, 0.5) is 0 Å². The molecule has 1 fully saturated rings. The van der Waals surface area contributed by atoms with Crippen molar-refractivity contribution in [3.63, 3.8) is 0 Å². The van der Waals surface area contributed by atoms with Gasteiger partial charge in [0.2, 0.25) is 0 Å². The van der Waals surface area contributed by atoms with Gasteiger partial charge in [0, 0.05) is 36.7 Å².